The van der Waals surface area contributed by atoms with E-state index in [1.54, 1.807) is 0 Å². The summed E-state index contributed by atoms with van der Waals surface area (Å²) in [6.45, 7) is 11.2. The number of nitrogens with one attached hydrogen (secondary N) is 2. The predicted octanol–water partition coefficient (Wildman–Crippen LogP) is 4.60. The highest BCUT2D eigenvalue weighted by Crippen LogP contribution is 2.22. The molecule has 2 aromatic carbocycles. The summed E-state index contributed by atoms with van der Waals surface area (Å²) < 4.78 is 5.77. The largest absolute Gasteiger partial charge is 0.491 e. The Balaban J connectivity index is 1.82. The first-order valence-corrected chi connectivity index (χ1v) is 9.70. The highest BCUT2D eigenvalue weighted by molar-refractivity contribution is 5.90. The number of anilines is 2. The molecule has 2 aromatic rings. The molecule has 0 spiro atoms. The molecule has 0 radical (unpaired) electrons. The Morgan fingerprint density at radius 1 is 1.07 bits per heavy atom. The third-order valence-electron chi connectivity index (χ3n) is 4.59. The van der Waals surface area contributed by atoms with Gasteiger partial charge in [0, 0.05) is 24.5 Å². The van der Waals surface area contributed by atoms with E-state index in [-0.39, 0.29) is 6.03 Å². The summed E-state index contributed by atoms with van der Waals surface area (Å²) in [6, 6.07) is 13.9. The molecule has 146 valence electrons. The van der Waals surface area contributed by atoms with Crippen molar-refractivity contribution in [3.8, 4) is 5.75 Å². The number of carbonyl (C=O) groups excluding carboxylic acids is 1. The van der Waals surface area contributed by atoms with Gasteiger partial charge in [-0.15, -0.1) is 0 Å². The summed E-state index contributed by atoms with van der Waals surface area (Å²) >= 11 is 0. The van der Waals surface area contributed by atoms with Crippen LogP contribution in [-0.4, -0.2) is 32.3 Å². The summed E-state index contributed by atoms with van der Waals surface area (Å²) in [6.07, 6.45) is 0.923. The van der Waals surface area contributed by atoms with Crippen molar-refractivity contribution >= 4 is 17.4 Å². The van der Waals surface area contributed by atoms with E-state index < -0.39 is 0 Å². The normalized spacial score (nSPS) is 10.4. The molecule has 0 saturated carbocycles. The minimum atomic E-state index is -0.221. The van der Waals surface area contributed by atoms with Gasteiger partial charge >= 0.3 is 6.03 Å². The number of carbonyl (C=O) groups is 1. The van der Waals surface area contributed by atoms with Crippen molar-refractivity contribution in [2.75, 3.05) is 36.5 Å². The van der Waals surface area contributed by atoms with Crippen LogP contribution in [0.2, 0.25) is 0 Å². The highest BCUT2D eigenvalue weighted by atomic mass is 16.5. The molecule has 0 aliphatic rings. The molecular weight excluding hydrogens is 338 g/mol. The van der Waals surface area contributed by atoms with Crippen LogP contribution in [0, 0.1) is 6.92 Å². The maximum Gasteiger partial charge on any atom is 0.319 e. The van der Waals surface area contributed by atoms with E-state index in [2.05, 4.69) is 48.4 Å². The van der Waals surface area contributed by atoms with E-state index in [4.69, 9.17) is 4.74 Å². The number of urea groups is 1. The van der Waals surface area contributed by atoms with Crippen molar-refractivity contribution in [2.24, 2.45) is 0 Å². The third kappa shape index (κ3) is 5.91. The molecule has 5 heteroatoms. The molecular formula is C22H31N3O2. The number of amides is 2. The summed E-state index contributed by atoms with van der Waals surface area (Å²) in [5.41, 5.74) is 4.21. The van der Waals surface area contributed by atoms with Crippen molar-refractivity contribution in [2.45, 2.75) is 34.1 Å². The molecule has 0 bridgehead atoms. The molecule has 27 heavy (non-hydrogen) atoms. The molecule has 2 amide bonds. The fourth-order valence-electron chi connectivity index (χ4n) is 3.00. The monoisotopic (exact) mass is 369 g/mol. The number of ether oxygens (including phenoxy) is 1. The van der Waals surface area contributed by atoms with E-state index in [0.29, 0.717) is 13.2 Å². The van der Waals surface area contributed by atoms with Crippen molar-refractivity contribution in [3.63, 3.8) is 0 Å². The lowest BCUT2D eigenvalue weighted by molar-refractivity contribution is 0.247. The lowest BCUT2D eigenvalue weighted by Crippen LogP contribution is -2.32. The fraction of sp³-hybridized carbons (Fsp3) is 0.409. The van der Waals surface area contributed by atoms with Gasteiger partial charge in [0.1, 0.15) is 12.4 Å². The Hall–Kier alpha value is -2.69. The van der Waals surface area contributed by atoms with E-state index in [9.17, 15) is 4.79 Å². The smallest absolute Gasteiger partial charge is 0.319 e. The summed E-state index contributed by atoms with van der Waals surface area (Å²) in [5, 5.41) is 5.75. The SMILES string of the molecule is CCc1ccccc1OCCNC(=O)Nc1ccc(N(CC)CC)cc1C. The van der Waals surface area contributed by atoms with Gasteiger partial charge in [-0.1, -0.05) is 25.1 Å². The van der Waals surface area contributed by atoms with Crippen LogP contribution >= 0.6 is 0 Å². The van der Waals surface area contributed by atoms with Crippen LogP contribution in [0.3, 0.4) is 0 Å². The summed E-state index contributed by atoms with van der Waals surface area (Å²) in [5.74, 6) is 0.880. The van der Waals surface area contributed by atoms with Crippen LogP contribution in [0.5, 0.6) is 5.75 Å². The van der Waals surface area contributed by atoms with Gasteiger partial charge in [0.2, 0.25) is 0 Å². The highest BCUT2D eigenvalue weighted by Gasteiger charge is 2.08. The molecule has 2 N–H and O–H groups in total. The van der Waals surface area contributed by atoms with Crippen LogP contribution < -0.4 is 20.3 Å². The Labute approximate surface area is 162 Å². The average Bonchev–Trinajstić information content (AvgIpc) is 2.68. The lowest BCUT2D eigenvalue weighted by atomic mass is 10.1. The minimum absolute atomic E-state index is 0.221. The Morgan fingerprint density at radius 3 is 2.48 bits per heavy atom. The molecule has 0 fully saturated rings. The number of benzene rings is 2. The molecule has 0 atom stereocenters. The van der Waals surface area contributed by atoms with Gasteiger partial charge in [-0.2, -0.15) is 0 Å². The van der Waals surface area contributed by atoms with Crippen LogP contribution in [0.4, 0.5) is 16.2 Å². The third-order valence-corrected chi connectivity index (χ3v) is 4.59. The molecule has 0 heterocycles. The Bertz CT molecular complexity index is 742. The van der Waals surface area contributed by atoms with Crippen molar-refractivity contribution < 1.29 is 9.53 Å². The number of rotatable bonds is 9. The van der Waals surface area contributed by atoms with Crippen LogP contribution in [0.25, 0.3) is 0 Å². The van der Waals surface area contributed by atoms with Crippen molar-refractivity contribution in [1.29, 1.82) is 0 Å². The minimum Gasteiger partial charge on any atom is -0.491 e. The number of hydrogen-bond acceptors (Lipinski definition) is 3. The zero-order valence-corrected chi connectivity index (χ0v) is 16.8. The first kappa shape index (κ1) is 20.6. The Morgan fingerprint density at radius 2 is 1.81 bits per heavy atom. The van der Waals surface area contributed by atoms with Gasteiger partial charge in [-0.25, -0.2) is 4.79 Å². The second-order valence-corrected chi connectivity index (χ2v) is 6.36. The van der Waals surface area contributed by atoms with Crippen molar-refractivity contribution in [3.05, 3.63) is 53.6 Å². The molecule has 0 aliphatic heterocycles. The van der Waals surface area contributed by atoms with Gasteiger partial charge in [0.15, 0.2) is 0 Å². The number of para-hydroxylation sites is 1. The first-order chi connectivity index (χ1) is 13.1. The van der Waals surface area contributed by atoms with Crippen molar-refractivity contribution in [1.82, 2.24) is 5.32 Å². The van der Waals surface area contributed by atoms with Gasteiger partial charge < -0.3 is 20.3 Å². The van der Waals surface area contributed by atoms with E-state index in [1.165, 1.54) is 11.3 Å². The van der Waals surface area contributed by atoms with Gasteiger partial charge in [0.05, 0.1) is 6.54 Å². The van der Waals surface area contributed by atoms with Gasteiger partial charge in [-0.3, -0.25) is 0 Å². The Kier molecular flexibility index (Phi) is 7.99. The number of aryl methyl sites for hydroxylation is 2. The zero-order chi connectivity index (χ0) is 19.6. The maximum absolute atomic E-state index is 12.1. The summed E-state index contributed by atoms with van der Waals surface area (Å²) in [4.78, 5) is 14.4. The molecule has 0 aliphatic carbocycles. The molecule has 0 saturated heterocycles. The lowest BCUT2D eigenvalue weighted by Gasteiger charge is -2.22. The number of nitrogens with zero attached hydrogens (tertiary/aromatic N) is 1. The van der Waals surface area contributed by atoms with Gasteiger partial charge in [-0.05, 0) is 62.6 Å². The van der Waals surface area contributed by atoms with Crippen LogP contribution in [0.1, 0.15) is 31.9 Å². The topological polar surface area (TPSA) is 53.6 Å². The van der Waals surface area contributed by atoms with Crippen LogP contribution in [0.15, 0.2) is 42.5 Å². The van der Waals surface area contributed by atoms with Crippen LogP contribution in [-0.2, 0) is 6.42 Å². The standard InChI is InChI=1S/C22H31N3O2/c1-5-18-10-8-9-11-21(18)27-15-14-23-22(26)24-20-13-12-19(16-17(20)4)25(6-2)7-3/h8-13,16H,5-7,14-15H2,1-4H3,(H2,23,24,26). The first-order valence-electron chi connectivity index (χ1n) is 9.70. The molecule has 5 nitrogen and oxygen atoms in total. The average molecular weight is 370 g/mol. The van der Waals surface area contributed by atoms with E-state index in [1.807, 2.05) is 37.3 Å². The second-order valence-electron chi connectivity index (χ2n) is 6.36. The molecule has 0 unspecified atom stereocenters. The van der Waals surface area contributed by atoms with E-state index >= 15 is 0 Å². The predicted molar refractivity (Wildman–Crippen MR) is 113 cm³/mol. The van der Waals surface area contributed by atoms with Gasteiger partial charge in [0.25, 0.3) is 0 Å². The summed E-state index contributed by atoms with van der Waals surface area (Å²) in [7, 11) is 0. The number of hydrogen-bond donors (Lipinski definition) is 2. The van der Waals surface area contributed by atoms with E-state index in [0.717, 1.165) is 36.5 Å². The quantitative estimate of drug-likeness (QED) is 0.635. The molecule has 2 rings (SSSR count). The maximum atomic E-state index is 12.1. The zero-order valence-electron chi connectivity index (χ0n) is 16.8. The molecule has 0 aromatic heterocycles. The second kappa shape index (κ2) is 10.5. The fourth-order valence-corrected chi connectivity index (χ4v) is 3.00.